The number of nitrogens with two attached hydrogens (primary N) is 1. The van der Waals surface area contributed by atoms with Crippen LogP contribution in [0, 0.1) is 13.8 Å². The van der Waals surface area contributed by atoms with Gasteiger partial charge >= 0.3 is 0 Å². The van der Waals surface area contributed by atoms with E-state index in [4.69, 9.17) is 10.5 Å². The number of ether oxygens (including phenoxy) is 1. The highest BCUT2D eigenvalue weighted by Crippen LogP contribution is 2.29. The minimum Gasteiger partial charge on any atom is -0.495 e. The van der Waals surface area contributed by atoms with E-state index in [1.807, 2.05) is 37.3 Å². The van der Waals surface area contributed by atoms with Gasteiger partial charge in [0.05, 0.1) is 23.8 Å². The van der Waals surface area contributed by atoms with Crippen molar-refractivity contribution in [1.29, 1.82) is 0 Å². The molecular weight excluding hydrogens is 250 g/mol. The summed E-state index contributed by atoms with van der Waals surface area (Å²) in [6.07, 6.45) is 0. The van der Waals surface area contributed by atoms with Gasteiger partial charge in [0.2, 0.25) is 0 Å². The van der Waals surface area contributed by atoms with Crippen LogP contribution in [0.25, 0.3) is 16.7 Å². The molecule has 2 N–H and O–H groups in total. The topological polar surface area (TPSA) is 53.1 Å². The molecular formula is C16H17N3O. The van der Waals surface area contributed by atoms with Crippen molar-refractivity contribution in [2.75, 3.05) is 12.8 Å². The summed E-state index contributed by atoms with van der Waals surface area (Å²) >= 11 is 0. The lowest BCUT2D eigenvalue weighted by Gasteiger charge is -2.13. The molecule has 1 aromatic heterocycles. The van der Waals surface area contributed by atoms with Gasteiger partial charge in [0.15, 0.2) is 0 Å². The monoisotopic (exact) mass is 267 g/mol. The maximum Gasteiger partial charge on any atom is 0.142 e. The van der Waals surface area contributed by atoms with Crippen LogP contribution in [-0.2, 0) is 0 Å². The lowest BCUT2D eigenvalue weighted by atomic mass is 10.2. The van der Waals surface area contributed by atoms with E-state index in [2.05, 4.69) is 22.5 Å². The van der Waals surface area contributed by atoms with Crippen LogP contribution >= 0.6 is 0 Å². The molecule has 0 spiro atoms. The molecule has 0 unspecified atom stereocenters. The molecule has 1 heterocycles. The highest BCUT2D eigenvalue weighted by Gasteiger charge is 2.13. The van der Waals surface area contributed by atoms with Gasteiger partial charge < -0.3 is 10.5 Å². The van der Waals surface area contributed by atoms with E-state index >= 15 is 0 Å². The summed E-state index contributed by atoms with van der Waals surface area (Å²) in [4.78, 5) is 4.58. The molecule has 2 aromatic carbocycles. The lowest BCUT2D eigenvalue weighted by Crippen LogP contribution is -2.00. The van der Waals surface area contributed by atoms with Crippen LogP contribution in [0.15, 0.2) is 36.4 Å². The number of benzene rings is 2. The number of imidazole rings is 1. The van der Waals surface area contributed by atoms with Gasteiger partial charge in [-0.05, 0) is 49.7 Å². The summed E-state index contributed by atoms with van der Waals surface area (Å²) in [5.41, 5.74) is 10.6. The Bertz CT molecular complexity index is 790. The predicted octanol–water partition coefficient (Wildman–Crippen LogP) is 3.23. The second kappa shape index (κ2) is 4.56. The van der Waals surface area contributed by atoms with Crippen molar-refractivity contribution in [2.45, 2.75) is 13.8 Å². The summed E-state index contributed by atoms with van der Waals surface area (Å²) in [7, 11) is 1.68. The Morgan fingerprint density at radius 1 is 1.10 bits per heavy atom. The average Bonchev–Trinajstić information content (AvgIpc) is 2.73. The van der Waals surface area contributed by atoms with E-state index in [9.17, 15) is 0 Å². The number of fused-ring (bicyclic) bond motifs is 1. The fraction of sp³-hybridized carbons (Fsp3) is 0.188. The maximum atomic E-state index is 5.83. The number of anilines is 1. The first-order valence-corrected chi connectivity index (χ1v) is 6.50. The highest BCUT2D eigenvalue weighted by atomic mass is 16.5. The van der Waals surface area contributed by atoms with E-state index in [1.165, 1.54) is 5.56 Å². The van der Waals surface area contributed by atoms with Gasteiger partial charge in [0.25, 0.3) is 0 Å². The second-order valence-electron chi connectivity index (χ2n) is 4.92. The summed E-state index contributed by atoms with van der Waals surface area (Å²) in [5.74, 6) is 1.74. The zero-order valence-electron chi connectivity index (χ0n) is 11.8. The third-order valence-corrected chi connectivity index (χ3v) is 3.42. The predicted molar refractivity (Wildman–Crippen MR) is 81.5 cm³/mol. The Morgan fingerprint density at radius 2 is 1.90 bits per heavy atom. The van der Waals surface area contributed by atoms with Gasteiger partial charge in [0, 0.05) is 5.69 Å². The summed E-state index contributed by atoms with van der Waals surface area (Å²) in [6, 6.07) is 11.9. The van der Waals surface area contributed by atoms with Crippen LogP contribution < -0.4 is 10.5 Å². The van der Waals surface area contributed by atoms with Crippen molar-refractivity contribution in [2.24, 2.45) is 0 Å². The lowest BCUT2D eigenvalue weighted by molar-refractivity contribution is 0.413. The van der Waals surface area contributed by atoms with Crippen molar-refractivity contribution in [1.82, 2.24) is 9.55 Å². The second-order valence-corrected chi connectivity index (χ2v) is 4.92. The summed E-state index contributed by atoms with van der Waals surface area (Å²) in [5, 5.41) is 0. The van der Waals surface area contributed by atoms with E-state index < -0.39 is 0 Å². The molecule has 0 bridgehead atoms. The molecule has 0 fully saturated rings. The zero-order valence-corrected chi connectivity index (χ0v) is 11.8. The van der Waals surface area contributed by atoms with Crippen molar-refractivity contribution in [3.05, 3.63) is 47.8 Å². The first-order valence-electron chi connectivity index (χ1n) is 6.50. The summed E-state index contributed by atoms with van der Waals surface area (Å²) in [6.45, 7) is 4.05. The maximum absolute atomic E-state index is 5.83. The quantitative estimate of drug-likeness (QED) is 0.725. The average molecular weight is 267 g/mol. The first-order chi connectivity index (χ1) is 9.60. The minimum atomic E-state index is 0.721. The first kappa shape index (κ1) is 12.5. The fourth-order valence-corrected chi connectivity index (χ4v) is 2.50. The highest BCUT2D eigenvalue weighted by molar-refractivity contribution is 5.82. The van der Waals surface area contributed by atoms with Crippen LogP contribution in [0.5, 0.6) is 5.75 Å². The van der Waals surface area contributed by atoms with Gasteiger partial charge in [-0.3, -0.25) is 4.57 Å². The Kier molecular flexibility index (Phi) is 2.86. The fourth-order valence-electron chi connectivity index (χ4n) is 2.50. The Labute approximate surface area is 117 Å². The van der Waals surface area contributed by atoms with Crippen molar-refractivity contribution >= 4 is 16.7 Å². The van der Waals surface area contributed by atoms with Gasteiger partial charge in [-0.25, -0.2) is 4.98 Å². The number of aryl methyl sites for hydroxylation is 2. The molecule has 3 aromatic rings. The molecule has 0 saturated heterocycles. The van der Waals surface area contributed by atoms with Crippen LogP contribution in [0.4, 0.5) is 5.69 Å². The van der Waals surface area contributed by atoms with E-state index in [0.717, 1.165) is 34.0 Å². The number of aromatic nitrogens is 2. The zero-order chi connectivity index (χ0) is 14.3. The van der Waals surface area contributed by atoms with Crippen molar-refractivity contribution < 1.29 is 4.74 Å². The number of hydrogen-bond acceptors (Lipinski definition) is 3. The largest absolute Gasteiger partial charge is 0.495 e. The molecule has 0 aliphatic carbocycles. The molecule has 102 valence electrons. The van der Waals surface area contributed by atoms with Crippen LogP contribution in [0.2, 0.25) is 0 Å². The molecule has 20 heavy (non-hydrogen) atoms. The van der Waals surface area contributed by atoms with Gasteiger partial charge in [-0.1, -0.05) is 6.07 Å². The smallest absolute Gasteiger partial charge is 0.142 e. The number of nitrogen functional groups attached to an aromatic ring is 1. The Morgan fingerprint density at radius 3 is 2.65 bits per heavy atom. The molecule has 3 rings (SSSR count). The van der Waals surface area contributed by atoms with Crippen LogP contribution in [0.1, 0.15) is 11.4 Å². The molecule has 4 nitrogen and oxygen atoms in total. The van der Waals surface area contributed by atoms with E-state index in [1.54, 1.807) is 7.11 Å². The molecule has 0 aliphatic heterocycles. The van der Waals surface area contributed by atoms with Crippen LogP contribution in [0.3, 0.4) is 0 Å². The Balaban J connectivity index is 2.34. The van der Waals surface area contributed by atoms with Gasteiger partial charge in [-0.2, -0.15) is 0 Å². The van der Waals surface area contributed by atoms with Gasteiger partial charge in [0.1, 0.15) is 11.6 Å². The summed E-state index contributed by atoms with van der Waals surface area (Å²) < 4.78 is 7.58. The molecule has 0 aliphatic rings. The number of hydrogen-bond donors (Lipinski definition) is 1. The van der Waals surface area contributed by atoms with Crippen molar-refractivity contribution in [3.8, 4) is 11.4 Å². The normalized spacial score (nSPS) is 10.9. The van der Waals surface area contributed by atoms with E-state index in [-0.39, 0.29) is 0 Å². The number of nitrogens with zero attached hydrogens (tertiary/aromatic N) is 2. The molecule has 4 heteroatoms. The third kappa shape index (κ3) is 1.90. The number of rotatable bonds is 2. The molecule has 0 saturated carbocycles. The molecule has 0 radical (unpaired) electrons. The van der Waals surface area contributed by atoms with Crippen molar-refractivity contribution in [3.63, 3.8) is 0 Å². The molecule has 0 amide bonds. The molecule has 0 atom stereocenters. The van der Waals surface area contributed by atoms with Gasteiger partial charge in [-0.15, -0.1) is 0 Å². The third-order valence-electron chi connectivity index (χ3n) is 3.42. The van der Waals surface area contributed by atoms with Crippen LogP contribution in [-0.4, -0.2) is 16.7 Å². The minimum absolute atomic E-state index is 0.721. The Hall–Kier alpha value is -2.49. The standard InChI is InChI=1S/C16H17N3O/c1-10-4-7-16(20-3)15(8-10)19-11(2)18-13-9-12(17)5-6-14(13)19/h4-9H,17H2,1-3H3. The SMILES string of the molecule is COc1ccc(C)cc1-n1c(C)nc2cc(N)ccc21. The number of methoxy groups -OCH3 is 1. The van der Waals surface area contributed by atoms with E-state index in [0.29, 0.717) is 0 Å².